The van der Waals surface area contributed by atoms with E-state index in [0.29, 0.717) is 0 Å². The zero-order valence-corrected chi connectivity index (χ0v) is 49.2. The van der Waals surface area contributed by atoms with Gasteiger partial charge < -0.3 is 9.47 Å². The highest BCUT2D eigenvalue weighted by Gasteiger charge is 2.19. The van der Waals surface area contributed by atoms with E-state index in [1.807, 2.05) is 0 Å². The van der Waals surface area contributed by atoms with E-state index in [4.69, 9.17) is 0 Å². The number of hydrogen-bond acceptors (Lipinski definition) is 1. The first kappa shape index (κ1) is 53.7. The van der Waals surface area contributed by atoms with Gasteiger partial charge in [0.2, 0.25) is 0 Å². The van der Waals surface area contributed by atoms with Gasteiger partial charge in [0, 0.05) is 42.5 Å². The molecule has 10 aromatic carbocycles. The maximum absolute atomic E-state index is 3.62. The summed E-state index contributed by atoms with van der Waals surface area (Å²) >= 11 is 7.22. The van der Waals surface area contributed by atoms with Crippen LogP contribution in [-0.4, -0.2) is 4.57 Å². The summed E-state index contributed by atoms with van der Waals surface area (Å²) < 4.78 is 4.62. The Morgan fingerprint density at radius 2 is 0.734 bits per heavy atom. The van der Waals surface area contributed by atoms with Crippen LogP contribution < -0.4 is 4.90 Å². The van der Waals surface area contributed by atoms with Crippen molar-refractivity contribution in [2.45, 2.75) is 97.8 Å². The number of nitrogens with zero attached hydrogens (tertiary/aromatic N) is 2. The molecule has 0 saturated carbocycles. The van der Waals surface area contributed by atoms with Crippen LogP contribution in [0.4, 0.5) is 17.1 Å². The number of para-hydroxylation sites is 1. The van der Waals surface area contributed by atoms with Gasteiger partial charge in [0.1, 0.15) is 0 Å². The van der Waals surface area contributed by atoms with E-state index in [9.17, 15) is 0 Å². The molecule has 0 saturated heterocycles. The Morgan fingerprint density at radius 1 is 0.329 bits per heavy atom. The fourth-order valence-electron chi connectivity index (χ4n) is 11.6. The van der Waals surface area contributed by atoms with Crippen molar-refractivity contribution in [2.75, 3.05) is 4.90 Å². The van der Waals surface area contributed by atoms with Crippen molar-refractivity contribution < 1.29 is 0 Å². The Bertz CT molecular complexity index is 3780. The number of aromatic nitrogens is 1. The predicted molar refractivity (Wildman–Crippen MR) is 348 cm³/mol. The van der Waals surface area contributed by atoms with Crippen molar-refractivity contribution in [3.05, 3.63) is 250 Å². The molecule has 0 amide bonds. The summed E-state index contributed by atoms with van der Waals surface area (Å²) in [6, 6.07) is 84.2. The summed E-state index contributed by atoms with van der Waals surface area (Å²) in [5.41, 5.74) is 23.8. The van der Waals surface area contributed by atoms with Gasteiger partial charge in [-0.05, 0) is 195 Å². The van der Waals surface area contributed by atoms with E-state index in [-0.39, 0.29) is 0 Å². The van der Waals surface area contributed by atoms with Crippen LogP contribution >= 0.6 is 31.9 Å². The molecule has 0 fully saturated rings. The maximum Gasteiger partial charge on any atom is 0.0541 e. The number of fused-ring (bicyclic) bond motifs is 3. The quantitative estimate of drug-likeness (QED) is 0.0651. The normalized spacial score (nSPS) is 11.5. The second-order valence-electron chi connectivity index (χ2n) is 21.4. The molecule has 0 aliphatic heterocycles. The van der Waals surface area contributed by atoms with Gasteiger partial charge in [0.05, 0.1) is 11.0 Å². The minimum atomic E-state index is 1.04. The van der Waals surface area contributed by atoms with Crippen LogP contribution in [0.2, 0.25) is 0 Å². The average molecular weight is 1160 g/mol. The molecule has 4 heteroatoms. The number of rotatable bonds is 21. The van der Waals surface area contributed by atoms with Crippen molar-refractivity contribution in [1.82, 2.24) is 4.57 Å². The molecule has 0 spiro atoms. The number of aryl methyl sites for hydroxylation is 3. The van der Waals surface area contributed by atoms with Gasteiger partial charge in [-0.3, -0.25) is 0 Å². The zero-order valence-electron chi connectivity index (χ0n) is 46.0. The monoisotopic (exact) mass is 1160 g/mol. The van der Waals surface area contributed by atoms with Gasteiger partial charge in [0.15, 0.2) is 0 Å². The van der Waals surface area contributed by atoms with Crippen molar-refractivity contribution in [2.24, 2.45) is 0 Å². The van der Waals surface area contributed by atoms with E-state index >= 15 is 0 Å². The van der Waals surface area contributed by atoms with Crippen LogP contribution in [0, 0.1) is 0 Å². The minimum Gasteiger partial charge on any atom is -0.311 e. The zero-order chi connectivity index (χ0) is 54.1. The highest BCUT2D eigenvalue weighted by Crippen LogP contribution is 2.42. The molecule has 11 rings (SSSR count). The van der Waals surface area contributed by atoms with Crippen molar-refractivity contribution >= 4 is 70.7 Å². The molecule has 11 aromatic rings. The summed E-state index contributed by atoms with van der Waals surface area (Å²) in [6.45, 7) is 6.86. The second kappa shape index (κ2) is 25.3. The van der Waals surface area contributed by atoms with Gasteiger partial charge in [-0.25, -0.2) is 0 Å². The number of halogens is 2. The largest absolute Gasteiger partial charge is 0.311 e. The molecular formula is C75H70Br2N2. The first-order chi connectivity index (χ1) is 38.8. The molecule has 0 aliphatic rings. The predicted octanol–water partition coefficient (Wildman–Crippen LogP) is 23.3. The third-order valence-corrected chi connectivity index (χ3v) is 17.0. The number of anilines is 3. The fraction of sp³-hybridized carbons (Fsp3) is 0.200. The summed E-state index contributed by atoms with van der Waals surface area (Å²) in [5.74, 6) is 0. The molecule has 0 aliphatic carbocycles. The molecular weight excluding hydrogens is 1090 g/mol. The molecule has 0 unspecified atom stereocenters. The smallest absolute Gasteiger partial charge is 0.0541 e. The topological polar surface area (TPSA) is 8.17 Å². The number of unbranched alkanes of at least 4 members (excludes halogenated alkanes) is 6. The van der Waals surface area contributed by atoms with Crippen molar-refractivity contribution in [1.29, 1.82) is 0 Å². The molecule has 2 nitrogen and oxygen atoms in total. The highest BCUT2D eigenvalue weighted by molar-refractivity contribution is 9.10. The molecule has 0 radical (unpaired) electrons. The van der Waals surface area contributed by atoms with E-state index in [1.54, 1.807) is 0 Å². The first-order valence-corrected chi connectivity index (χ1v) is 30.5. The lowest BCUT2D eigenvalue weighted by Gasteiger charge is -2.26. The van der Waals surface area contributed by atoms with E-state index in [1.165, 1.54) is 151 Å². The third kappa shape index (κ3) is 12.2. The molecule has 0 N–H and O–H groups in total. The molecule has 1 heterocycles. The molecule has 1 aromatic heterocycles. The van der Waals surface area contributed by atoms with Crippen LogP contribution in [0.3, 0.4) is 0 Å². The van der Waals surface area contributed by atoms with Crippen LogP contribution in [-0.2, 0) is 19.3 Å². The Hall–Kier alpha value is -7.24. The van der Waals surface area contributed by atoms with Gasteiger partial charge in [0.25, 0.3) is 0 Å². The Balaban J connectivity index is 0.977. The van der Waals surface area contributed by atoms with E-state index < -0.39 is 0 Å². The molecule has 394 valence electrons. The fourth-order valence-corrected chi connectivity index (χ4v) is 12.2. The summed E-state index contributed by atoms with van der Waals surface area (Å²) in [4.78, 5) is 2.41. The lowest BCUT2D eigenvalue weighted by molar-refractivity contribution is 0.664. The minimum absolute atomic E-state index is 1.04. The lowest BCUT2D eigenvalue weighted by Crippen LogP contribution is -2.10. The van der Waals surface area contributed by atoms with Gasteiger partial charge >= 0.3 is 0 Å². The Morgan fingerprint density at radius 3 is 1.22 bits per heavy atom. The summed E-state index contributed by atoms with van der Waals surface area (Å²) in [5, 5.41) is 2.56. The number of hydrogen-bond donors (Lipinski definition) is 0. The van der Waals surface area contributed by atoms with E-state index in [0.717, 1.165) is 51.7 Å². The average Bonchev–Trinajstić information content (AvgIpc) is 4.07. The SMILES string of the molecule is CCCCCCc1cc(-c2ccc3c(c2)c2ccccc2n3-c2ccc(-c3ccc(Br)cc3)cc2)c(CCCCCC)cc1-c1ccc(N(c2ccc(-c3ccc(Br)cc3)cc2)c2ccc(-c3ccc(CCC)cc3)cc2)cc1. The van der Waals surface area contributed by atoms with Gasteiger partial charge in [-0.2, -0.15) is 0 Å². The number of benzene rings is 10. The van der Waals surface area contributed by atoms with Crippen LogP contribution in [0.5, 0.6) is 0 Å². The van der Waals surface area contributed by atoms with Crippen LogP contribution in [0.15, 0.2) is 233 Å². The molecule has 79 heavy (non-hydrogen) atoms. The third-order valence-electron chi connectivity index (χ3n) is 15.9. The van der Waals surface area contributed by atoms with Crippen molar-refractivity contribution in [3.63, 3.8) is 0 Å². The Kier molecular flexibility index (Phi) is 17.2. The van der Waals surface area contributed by atoms with Crippen LogP contribution in [0.1, 0.15) is 95.2 Å². The lowest BCUT2D eigenvalue weighted by atomic mass is 9.86. The van der Waals surface area contributed by atoms with Crippen LogP contribution in [0.25, 0.3) is 83.1 Å². The summed E-state index contributed by atoms with van der Waals surface area (Å²) in [7, 11) is 0. The molecule has 0 atom stereocenters. The van der Waals surface area contributed by atoms with E-state index in [2.05, 4.69) is 287 Å². The highest BCUT2D eigenvalue weighted by atomic mass is 79.9. The van der Waals surface area contributed by atoms with Gasteiger partial charge in [-0.15, -0.1) is 0 Å². The second-order valence-corrected chi connectivity index (χ2v) is 23.2. The van der Waals surface area contributed by atoms with Crippen molar-refractivity contribution in [3.8, 4) is 61.3 Å². The van der Waals surface area contributed by atoms with Gasteiger partial charge in [-0.1, -0.05) is 231 Å². The standard InChI is InChI=1S/C75H70Br2N2/c1-4-7-9-11-16-61-51-72(63-36-49-75-73(52-63)70-18-13-14-19-74(70)79(75)69-45-32-59(33-46-69)56-26-39-65(77)40-27-56)62(17-12-10-8-5-2)50-71(61)60-34-47-68(48-35-60)78(67-43-30-58(31-44-67)55-24-37-64(76)38-25-55)66-41-28-57(29-42-66)54-22-20-53(15-6-3)21-23-54/h13-14,18-52H,4-12,15-17H2,1-3H3. The Labute approximate surface area is 486 Å². The first-order valence-electron chi connectivity index (χ1n) is 28.9. The molecule has 0 bridgehead atoms. The maximum atomic E-state index is 3.62. The summed E-state index contributed by atoms with van der Waals surface area (Å²) in [6.07, 6.45) is 14.1.